The Labute approximate surface area is 129 Å². The molecule has 0 saturated heterocycles. The van der Waals surface area contributed by atoms with Crippen molar-refractivity contribution < 1.29 is 22.4 Å². The molecule has 0 atom stereocenters. The van der Waals surface area contributed by atoms with Crippen LogP contribution in [-0.4, -0.2) is 5.91 Å². The molecular weight excluding hydrogens is 319 g/mol. The third kappa shape index (κ3) is 4.14. The number of alkyl halides is 3. The van der Waals surface area contributed by atoms with E-state index in [0.29, 0.717) is 11.5 Å². The van der Waals surface area contributed by atoms with Gasteiger partial charge >= 0.3 is 6.18 Å². The van der Waals surface area contributed by atoms with Crippen molar-refractivity contribution in [3.05, 3.63) is 58.5 Å². The average molecular weight is 330 g/mol. The summed E-state index contributed by atoms with van der Waals surface area (Å²) in [5.74, 6) is 0.527. The lowest BCUT2D eigenvalue weighted by Gasteiger charge is -2.10. The van der Waals surface area contributed by atoms with Crippen LogP contribution < -0.4 is 5.32 Å². The second kappa shape index (κ2) is 6.27. The van der Waals surface area contributed by atoms with E-state index < -0.39 is 17.6 Å². The largest absolute Gasteiger partial charge is 0.462 e. The quantitative estimate of drug-likeness (QED) is 0.813. The molecule has 22 heavy (non-hydrogen) atoms. The molecule has 0 fully saturated rings. The Kier molecular flexibility index (Phi) is 4.61. The van der Waals surface area contributed by atoms with Crippen molar-refractivity contribution in [2.45, 2.75) is 13.1 Å². The van der Waals surface area contributed by atoms with Crippen molar-refractivity contribution in [3.63, 3.8) is 0 Å². The topological polar surface area (TPSA) is 42.2 Å². The van der Waals surface area contributed by atoms with E-state index in [-0.39, 0.29) is 10.7 Å². The molecule has 0 unspecified atom stereocenters. The van der Waals surface area contributed by atoms with Gasteiger partial charge in [0, 0.05) is 6.08 Å². The minimum Gasteiger partial charge on any atom is -0.462 e. The van der Waals surface area contributed by atoms with Crippen molar-refractivity contribution in [2.24, 2.45) is 0 Å². The highest BCUT2D eigenvalue weighted by Crippen LogP contribution is 2.33. The fraction of sp³-hybridized carbons (Fsp3) is 0.133. The number of rotatable bonds is 3. The zero-order valence-corrected chi connectivity index (χ0v) is 12.1. The van der Waals surface area contributed by atoms with Crippen LogP contribution in [0.3, 0.4) is 0 Å². The molecule has 0 spiro atoms. The van der Waals surface area contributed by atoms with Crippen molar-refractivity contribution in [3.8, 4) is 0 Å². The van der Waals surface area contributed by atoms with Crippen LogP contribution in [-0.2, 0) is 11.0 Å². The summed E-state index contributed by atoms with van der Waals surface area (Å²) in [6.45, 7) is 1.75. The van der Waals surface area contributed by atoms with Gasteiger partial charge in [-0.25, -0.2) is 0 Å². The van der Waals surface area contributed by atoms with E-state index in [2.05, 4.69) is 5.32 Å². The minimum atomic E-state index is -4.51. The average Bonchev–Trinajstić information content (AvgIpc) is 2.83. The van der Waals surface area contributed by atoms with Crippen LogP contribution in [0.5, 0.6) is 0 Å². The van der Waals surface area contributed by atoms with Gasteiger partial charge in [0.05, 0.1) is 16.3 Å². The summed E-state index contributed by atoms with van der Waals surface area (Å²) in [5, 5.41) is 2.32. The van der Waals surface area contributed by atoms with Crippen LogP contribution in [0.2, 0.25) is 5.02 Å². The summed E-state index contributed by atoms with van der Waals surface area (Å²) in [6.07, 6.45) is -1.95. The summed E-state index contributed by atoms with van der Waals surface area (Å²) in [5.41, 5.74) is -1.00. The van der Waals surface area contributed by atoms with Crippen molar-refractivity contribution in [2.75, 3.05) is 5.32 Å². The van der Waals surface area contributed by atoms with Crippen LogP contribution in [0, 0.1) is 6.92 Å². The Morgan fingerprint density at radius 2 is 2.00 bits per heavy atom. The predicted molar refractivity (Wildman–Crippen MR) is 77.6 cm³/mol. The molecule has 0 aliphatic heterocycles. The number of hydrogen-bond acceptors (Lipinski definition) is 2. The lowest BCUT2D eigenvalue weighted by Crippen LogP contribution is -2.10. The van der Waals surface area contributed by atoms with Crippen molar-refractivity contribution in [1.29, 1.82) is 0 Å². The molecule has 0 aliphatic rings. The van der Waals surface area contributed by atoms with Crippen LogP contribution in [0.15, 0.2) is 40.8 Å². The molecule has 0 radical (unpaired) electrons. The van der Waals surface area contributed by atoms with E-state index in [0.717, 1.165) is 24.3 Å². The molecule has 0 bridgehead atoms. The van der Waals surface area contributed by atoms with Crippen LogP contribution in [0.25, 0.3) is 6.08 Å². The smallest absolute Gasteiger partial charge is 0.416 e. The highest BCUT2D eigenvalue weighted by atomic mass is 35.5. The monoisotopic (exact) mass is 329 g/mol. The maximum Gasteiger partial charge on any atom is 0.416 e. The van der Waals surface area contributed by atoms with Gasteiger partial charge in [-0.05, 0) is 43.3 Å². The number of aryl methyl sites for hydroxylation is 1. The normalized spacial score (nSPS) is 11.9. The SMILES string of the molecule is Cc1ccc(C=CC(=O)Nc2cc(C(F)(F)F)ccc2Cl)o1. The Balaban J connectivity index is 2.13. The van der Waals surface area contributed by atoms with Crippen molar-refractivity contribution in [1.82, 2.24) is 0 Å². The molecule has 1 N–H and O–H groups in total. The third-order valence-corrected chi connectivity index (χ3v) is 3.04. The molecule has 7 heteroatoms. The van der Waals surface area contributed by atoms with Gasteiger partial charge < -0.3 is 9.73 Å². The van der Waals surface area contributed by atoms with E-state index in [4.69, 9.17) is 16.0 Å². The third-order valence-electron chi connectivity index (χ3n) is 2.71. The van der Waals surface area contributed by atoms with E-state index in [9.17, 15) is 18.0 Å². The lowest BCUT2D eigenvalue weighted by molar-refractivity contribution is -0.137. The Morgan fingerprint density at radius 1 is 1.27 bits per heavy atom. The number of amides is 1. The number of benzene rings is 1. The molecule has 1 aromatic heterocycles. The second-order valence-electron chi connectivity index (χ2n) is 4.46. The van der Waals surface area contributed by atoms with Crippen LogP contribution >= 0.6 is 11.6 Å². The summed E-state index contributed by atoms with van der Waals surface area (Å²) in [6, 6.07) is 6.10. The molecule has 2 rings (SSSR count). The molecule has 2 aromatic rings. The number of carbonyl (C=O) groups is 1. The molecule has 1 aromatic carbocycles. The van der Waals surface area contributed by atoms with Gasteiger partial charge in [0.25, 0.3) is 0 Å². The first-order valence-corrected chi connectivity index (χ1v) is 6.56. The maximum atomic E-state index is 12.6. The van der Waals surface area contributed by atoms with Gasteiger partial charge in [-0.2, -0.15) is 13.2 Å². The summed E-state index contributed by atoms with van der Waals surface area (Å²) in [7, 11) is 0. The van der Waals surface area contributed by atoms with Gasteiger partial charge in [0.2, 0.25) is 5.91 Å². The fourth-order valence-electron chi connectivity index (χ4n) is 1.67. The van der Waals surface area contributed by atoms with Gasteiger partial charge in [-0.3, -0.25) is 4.79 Å². The van der Waals surface area contributed by atoms with Gasteiger partial charge in [-0.1, -0.05) is 11.6 Å². The zero-order valence-electron chi connectivity index (χ0n) is 11.4. The molecule has 1 amide bonds. The Hall–Kier alpha value is -2.21. The Bertz CT molecular complexity index is 720. The van der Waals surface area contributed by atoms with Gasteiger partial charge in [-0.15, -0.1) is 0 Å². The number of carbonyl (C=O) groups excluding carboxylic acids is 1. The second-order valence-corrected chi connectivity index (χ2v) is 4.87. The number of hydrogen-bond donors (Lipinski definition) is 1. The van der Waals surface area contributed by atoms with E-state index in [1.807, 2.05) is 0 Å². The molecule has 0 saturated carbocycles. The molecule has 1 heterocycles. The highest BCUT2D eigenvalue weighted by Gasteiger charge is 2.31. The predicted octanol–water partition coefficient (Wildman–Crippen LogP) is 4.91. The minimum absolute atomic E-state index is 0.0172. The first-order valence-electron chi connectivity index (χ1n) is 6.18. The summed E-state index contributed by atoms with van der Waals surface area (Å²) in [4.78, 5) is 11.7. The molecule has 0 aliphatic carbocycles. The number of furan rings is 1. The van der Waals surface area contributed by atoms with E-state index in [1.165, 1.54) is 6.08 Å². The first kappa shape index (κ1) is 16.2. The number of anilines is 1. The fourth-order valence-corrected chi connectivity index (χ4v) is 1.84. The number of nitrogens with one attached hydrogen (secondary N) is 1. The Morgan fingerprint density at radius 3 is 2.59 bits per heavy atom. The maximum absolute atomic E-state index is 12.6. The van der Waals surface area contributed by atoms with E-state index in [1.54, 1.807) is 19.1 Å². The van der Waals surface area contributed by atoms with Crippen LogP contribution in [0.4, 0.5) is 18.9 Å². The molecule has 3 nitrogen and oxygen atoms in total. The molecular formula is C15H11ClF3NO2. The standard InChI is InChI=1S/C15H11ClF3NO2/c1-9-2-4-11(22-9)5-7-14(21)20-13-8-10(15(17,18)19)3-6-12(13)16/h2-8H,1H3,(H,20,21). The zero-order chi connectivity index (χ0) is 16.3. The number of halogens is 4. The summed E-state index contributed by atoms with van der Waals surface area (Å²) < 4.78 is 43.1. The summed E-state index contributed by atoms with van der Waals surface area (Å²) >= 11 is 5.79. The lowest BCUT2D eigenvalue weighted by atomic mass is 10.2. The highest BCUT2D eigenvalue weighted by molar-refractivity contribution is 6.33. The van der Waals surface area contributed by atoms with Gasteiger partial charge in [0.15, 0.2) is 0 Å². The van der Waals surface area contributed by atoms with Crippen molar-refractivity contribution >= 4 is 29.3 Å². The van der Waals surface area contributed by atoms with E-state index >= 15 is 0 Å². The van der Waals surface area contributed by atoms with Gasteiger partial charge in [0.1, 0.15) is 11.5 Å². The molecule has 116 valence electrons. The first-order chi connectivity index (χ1) is 10.3. The van der Waals surface area contributed by atoms with Crippen LogP contribution in [0.1, 0.15) is 17.1 Å².